The lowest BCUT2D eigenvalue weighted by Gasteiger charge is -2.17. The summed E-state index contributed by atoms with van der Waals surface area (Å²) in [5.41, 5.74) is -1.39. The maximum atomic E-state index is 10.2. The largest absolute Gasteiger partial charge is 0.481 e. The summed E-state index contributed by atoms with van der Waals surface area (Å²) >= 11 is 0. The van der Waals surface area contributed by atoms with Crippen molar-refractivity contribution in [3.8, 4) is 0 Å². The second kappa shape index (κ2) is 13.2. The van der Waals surface area contributed by atoms with E-state index in [1.165, 1.54) is 38.7 Å². The number of hydrogen-bond acceptors (Lipinski definition) is 5. The van der Waals surface area contributed by atoms with Gasteiger partial charge in [-0.25, -0.2) is 9.79 Å². The summed E-state index contributed by atoms with van der Waals surface area (Å²) in [5, 5.41) is 25.1. The van der Waals surface area contributed by atoms with Gasteiger partial charge in [-0.05, 0) is 13.3 Å². The number of aliphatic imine (C=N–C) groups is 1. The standard InChI is InChI=1S/C8H15NO.C5H10O4/c1-2-3-4-5-6-7-9-8-10;1-5(2-6,3-7)4(8)9/h2-7H2,1H3;6-7H,2-3H2,1H3,(H,8,9). The van der Waals surface area contributed by atoms with Crippen LogP contribution in [0.15, 0.2) is 4.99 Å². The molecule has 0 aromatic heterocycles. The molecular weight excluding hydrogens is 250 g/mol. The minimum Gasteiger partial charge on any atom is -0.481 e. The molecule has 6 heteroatoms. The van der Waals surface area contributed by atoms with Crippen LogP contribution in [0.2, 0.25) is 0 Å². The van der Waals surface area contributed by atoms with Crippen molar-refractivity contribution in [2.75, 3.05) is 19.8 Å². The van der Waals surface area contributed by atoms with Gasteiger partial charge in [-0.3, -0.25) is 4.79 Å². The number of aliphatic carboxylic acids is 1. The van der Waals surface area contributed by atoms with E-state index in [-0.39, 0.29) is 0 Å². The van der Waals surface area contributed by atoms with E-state index in [0.717, 1.165) is 6.42 Å². The van der Waals surface area contributed by atoms with Gasteiger partial charge >= 0.3 is 5.97 Å². The molecule has 0 aliphatic carbocycles. The SMILES string of the molecule is CC(CO)(CO)C(=O)O.CCCCCCCN=C=O. The summed E-state index contributed by atoms with van der Waals surface area (Å²) in [4.78, 5) is 23.2. The molecule has 0 bridgehead atoms. The van der Waals surface area contributed by atoms with Crippen LogP contribution in [0.3, 0.4) is 0 Å². The molecular formula is C13H25NO5. The number of carboxylic acid groups (broad SMARTS) is 1. The highest BCUT2D eigenvalue weighted by Crippen LogP contribution is 2.12. The molecule has 0 saturated carbocycles. The monoisotopic (exact) mass is 275 g/mol. The first kappa shape index (κ1) is 20.1. The van der Waals surface area contributed by atoms with Crippen LogP contribution in [0.1, 0.15) is 46.0 Å². The number of aliphatic hydroxyl groups excluding tert-OH is 2. The van der Waals surface area contributed by atoms with E-state index in [0.29, 0.717) is 6.54 Å². The molecule has 6 nitrogen and oxygen atoms in total. The summed E-state index contributed by atoms with van der Waals surface area (Å²) in [7, 11) is 0. The Morgan fingerprint density at radius 1 is 1.16 bits per heavy atom. The van der Waals surface area contributed by atoms with Crippen LogP contribution in [0.25, 0.3) is 0 Å². The van der Waals surface area contributed by atoms with E-state index in [1.807, 2.05) is 0 Å². The lowest BCUT2D eigenvalue weighted by atomic mass is 9.94. The van der Waals surface area contributed by atoms with E-state index >= 15 is 0 Å². The normalized spacial score (nSPS) is 10.1. The van der Waals surface area contributed by atoms with E-state index in [4.69, 9.17) is 15.3 Å². The van der Waals surface area contributed by atoms with E-state index in [9.17, 15) is 9.59 Å². The third-order valence-electron chi connectivity index (χ3n) is 2.65. The molecule has 0 aliphatic heterocycles. The number of aliphatic hydroxyl groups is 2. The average Bonchev–Trinajstić information content (AvgIpc) is 2.42. The summed E-state index contributed by atoms with van der Waals surface area (Å²) in [6, 6.07) is 0. The van der Waals surface area contributed by atoms with Crippen molar-refractivity contribution in [2.24, 2.45) is 10.4 Å². The Balaban J connectivity index is 0. The van der Waals surface area contributed by atoms with E-state index in [2.05, 4.69) is 11.9 Å². The van der Waals surface area contributed by atoms with Crippen molar-refractivity contribution < 1.29 is 24.9 Å². The van der Waals surface area contributed by atoms with Crippen LogP contribution in [-0.4, -0.2) is 47.1 Å². The van der Waals surface area contributed by atoms with Gasteiger partial charge in [0.05, 0.1) is 19.8 Å². The maximum absolute atomic E-state index is 10.2. The zero-order valence-corrected chi connectivity index (χ0v) is 11.8. The first-order chi connectivity index (χ1) is 8.98. The molecule has 0 fully saturated rings. The molecule has 0 radical (unpaired) electrons. The minimum absolute atomic E-state index is 0.543. The minimum atomic E-state index is -1.39. The first-order valence-corrected chi connectivity index (χ1v) is 6.47. The summed E-state index contributed by atoms with van der Waals surface area (Å²) in [6.45, 7) is 3.03. The van der Waals surface area contributed by atoms with Gasteiger partial charge < -0.3 is 15.3 Å². The van der Waals surface area contributed by atoms with Crippen molar-refractivity contribution in [2.45, 2.75) is 46.0 Å². The van der Waals surface area contributed by atoms with Gasteiger partial charge in [-0.2, -0.15) is 0 Å². The molecule has 19 heavy (non-hydrogen) atoms. The third-order valence-corrected chi connectivity index (χ3v) is 2.65. The predicted molar refractivity (Wildman–Crippen MR) is 71.7 cm³/mol. The molecule has 0 atom stereocenters. The van der Waals surface area contributed by atoms with Crippen molar-refractivity contribution in [3.05, 3.63) is 0 Å². The third kappa shape index (κ3) is 11.6. The number of carboxylic acids is 1. The van der Waals surface area contributed by atoms with Crippen LogP contribution in [-0.2, 0) is 9.59 Å². The predicted octanol–water partition coefficient (Wildman–Crippen LogP) is 1.35. The molecule has 0 heterocycles. The van der Waals surface area contributed by atoms with Crippen molar-refractivity contribution >= 4 is 12.0 Å². The zero-order chi connectivity index (χ0) is 15.1. The fourth-order valence-corrected chi connectivity index (χ4v) is 1.03. The lowest BCUT2D eigenvalue weighted by molar-refractivity contribution is -0.152. The number of carbonyl (C=O) groups excluding carboxylic acids is 1. The Morgan fingerprint density at radius 2 is 1.68 bits per heavy atom. The number of hydrogen-bond donors (Lipinski definition) is 3. The Kier molecular flexibility index (Phi) is 14.0. The summed E-state index contributed by atoms with van der Waals surface area (Å²) in [6.07, 6.45) is 7.59. The van der Waals surface area contributed by atoms with Crippen LogP contribution in [0.5, 0.6) is 0 Å². The number of carbonyl (C=O) groups is 1. The lowest BCUT2D eigenvalue weighted by Crippen LogP contribution is -2.35. The quantitative estimate of drug-likeness (QED) is 0.334. The zero-order valence-electron chi connectivity index (χ0n) is 11.8. The van der Waals surface area contributed by atoms with Crippen LogP contribution < -0.4 is 0 Å². The molecule has 112 valence electrons. The molecule has 0 saturated heterocycles. The van der Waals surface area contributed by atoms with Gasteiger partial charge in [-0.1, -0.05) is 32.6 Å². The highest BCUT2D eigenvalue weighted by molar-refractivity contribution is 5.74. The van der Waals surface area contributed by atoms with Gasteiger partial charge in [0.15, 0.2) is 0 Å². The Bertz CT molecular complexity index is 270. The van der Waals surface area contributed by atoms with Gasteiger partial charge in [-0.15, -0.1) is 0 Å². The fraction of sp³-hybridized carbons (Fsp3) is 0.846. The van der Waals surface area contributed by atoms with Crippen LogP contribution in [0, 0.1) is 5.41 Å². The number of isocyanates is 1. The van der Waals surface area contributed by atoms with Crippen LogP contribution in [0.4, 0.5) is 0 Å². The fourth-order valence-electron chi connectivity index (χ4n) is 1.03. The molecule has 3 N–H and O–H groups in total. The van der Waals surface area contributed by atoms with Crippen molar-refractivity contribution in [1.29, 1.82) is 0 Å². The Morgan fingerprint density at radius 3 is 2.00 bits per heavy atom. The molecule has 0 amide bonds. The van der Waals surface area contributed by atoms with E-state index < -0.39 is 24.6 Å². The van der Waals surface area contributed by atoms with Crippen LogP contribution >= 0.6 is 0 Å². The molecule has 0 aliphatic rings. The number of rotatable bonds is 9. The smallest absolute Gasteiger partial charge is 0.314 e. The Labute approximate surface area is 114 Å². The highest BCUT2D eigenvalue weighted by Gasteiger charge is 2.31. The highest BCUT2D eigenvalue weighted by atomic mass is 16.4. The Hall–Kier alpha value is -1.23. The molecule has 0 aromatic rings. The van der Waals surface area contributed by atoms with Crippen molar-refractivity contribution in [1.82, 2.24) is 0 Å². The first-order valence-electron chi connectivity index (χ1n) is 6.47. The van der Waals surface area contributed by atoms with Gasteiger partial charge in [0, 0.05) is 0 Å². The van der Waals surface area contributed by atoms with Gasteiger partial charge in [0.2, 0.25) is 6.08 Å². The van der Waals surface area contributed by atoms with Gasteiger partial charge in [0.1, 0.15) is 5.41 Å². The topological polar surface area (TPSA) is 107 Å². The molecule has 0 unspecified atom stereocenters. The van der Waals surface area contributed by atoms with Gasteiger partial charge in [0.25, 0.3) is 0 Å². The summed E-state index contributed by atoms with van der Waals surface area (Å²) < 4.78 is 0. The number of nitrogens with zero attached hydrogens (tertiary/aromatic N) is 1. The van der Waals surface area contributed by atoms with E-state index in [1.54, 1.807) is 0 Å². The van der Waals surface area contributed by atoms with Crippen molar-refractivity contribution in [3.63, 3.8) is 0 Å². The molecule has 0 spiro atoms. The molecule has 0 aromatic carbocycles. The average molecular weight is 275 g/mol. The maximum Gasteiger partial charge on any atom is 0.314 e. The second-order valence-corrected chi connectivity index (χ2v) is 4.57. The number of unbranched alkanes of at least 4 members (excludes halogenated alkanes) is 4. The summed E-state index contributed by atoms with van der Waals surface area (Å²) in [5.74, 6) is -1.19. The second-order valence-electron chi connectivity index (χ2n) is 4.57. The molecule has 0 rings (SSSR count).